The largest absolute Gasteiger partial charge is 0.416 e. The molecular weight excluding hydrogens is 376 g/mol. The van der Waals surface area contributed by atoms with Gasteiger partial charge in [0.25, 0.3) is 5.91 Å². The predicted molar refractivity (Wildman–Crippen MR) is 96.0 cm³/mol. The van der Waals surface area contributed by atoms with Gasteiger partial charge in [0.1, 0.15) is 5.82 Å². The highest BCUT2D eigenvalue weighted by atomic mass is 19.4. The quantitative estimate of drug-likeness (QED) is 0.660. The Kier molecular flexibility index (Phi) is 5.64. The molecule has 0 radical (unpaired) electrons. The van der Waals surface area contributed by atoms with E-state index in [2.05, 4.69) is 20.9 Å². The summed E-state index contributed by atoms with van der Waals surface area (Å²) in [7, 11) is 1.73. The molecule has 3 N–H and O–H groups in total. The Morgan fingerprint density at radius 1 is 1.21 bits per heavy atom. The van der Waals surface area contributed by atoms with Crippen molar-refractivity contribution in [3.05, 3.63) is 70.4 Å². The van der Waals surface area contributed by atoms with E-state index < -0.39 is 17.6 Å². The topological polar surface area (TPSA) is 66.1 Å². The van der Waals surface area contributed by atoms with E-state index in [1.54, 1.807) is 19.2 Å². The fraction of sp³-hybridized carbons (Fsp3) is 0.263. The number of carbonyl (C=O) groups excluding carboxylic acids is 1. The van der Waals surface area contributed by atoms with Crippen LogP contribution in [0.5, 0.6) is 0 Å². The third-order valence-electron chi connectivity index (χ3n) is 4.20. The van der Waals surface area contributed by atoms with E-state index in [-0.39, 0.29) is 17.9 Å². The molecule has 0 aliphatic carbocycles. The van der Waals surface area contributed by atoms with Crippen molar-refractivity contribution in [2.45, 2.75) is 12.6 Å². The van der Waals surface area contributed by atoms with Gasteiger partial charge in [0, 0.05) is 36.2 Å². The third kappa shape index (κ3) is 4.66. The van der Waals surface area contributed by atoms with Crippen LogP contribution in [0.4, 0.5) is 23.2 Å². The van der Waals surface area contributed by atoms with E-state index in [0.29, 0.717) is 41.8 Å². The smallest absolute Gasteiger partial charge is 0.357 e. The number of pyridine rings is 1. The van der Waals surface area contributed by atoms with Gasteiger partial charge in [0.05, 0.1) is 17.7 Å². The Bertz CT molecular complexity index is 924. The Morgan fingerprint density at radius 2 is 2.00 bits per heavy atom. The van der Waals surface area contributed by atoms with Gasteiger partial charge in [-0.15, -0.1) is 0 Å². The molecule has 0 unspecified atom stereocenters. The molecule has 0 saturated heterocycles. The molecule has 28 heavy (non-hydrogen) atoms. The number of carbonyl (C=O) groups is 1. The van der Waals surface area contributed by atoms with Crippen molar-refractivity contribution in [3.8, 4) is 0 Å². The normalized spacial score (nSPS) is 14.4. The standard InChI is InChI=1S/C19H18F4N4O/c1-24-9-16-17(10-26-18(16)28)27-14-2-3-25-15(8-14)6-11-4-12(19(21,22)23)7-13(20)5-11/h2-5,7-8,24H,6,9-10H2,1H3,(H,25,27)(H,26,28). The van der Waals surface area contributed by atoms with Crippen LogP contribution in [0.2, 0.25) is 0 Å². The number of aromatic nitrogens is 1. The average Bonchev–Trinajstić information content (AvgIpc) is 2.94. The molecule has 1 aromatic heterocycles. The molecule has 0 saturated carbocycles. The van der Waals surface area contributed by atoms with E-state index in [4.69, 9.17) is 0 Å². The van der Waals surface area contributed by atoms with Crippen molar-refractivity contribution < 1.29 is 22.4 Å². The lowest BCUT2D eigenvalue weighted by molar-refractivity contribution is -0.137. The number of alkyl halides is 3. The third-order valence-corrected chi connectivity index (χ3v) is 4.20. The number of hydrogen-bond acceptors (Lipinski definition) is 4. The number of likely N-dealkylation sites (N-methyl/N-ethyl adjacent to an activating group) is 1. The molecule has 1 aliphatic rings. The van der Waals surface area contributed by atoms with Gasteiger partial charge < -0.3 is 16.0 Å². The van der Waals surface area contributed by atoms with Gasteiger partial charge in [0.15, 0.2) is 0 Å². The highest BCUT2D eigenvalue weighted by Crippen LogP contribution is 2.31. The first-order chi connectivity index (χ1) is 13.3. The second kappa shape index (κ2) is 7.97. The molecule has 2 aromatic rings. The van der Waals surface area contributed by atoms with Crippen LogP contribution in [0.15, 0.2) is 47.8 Å². The summed E-state index contributed by atoms with van der Waals surface area (Å²) in [5.41, 5.74) is 1.54. The Morgan fingerprint density at radius 3 is 2.71 bits per heavy atom. The molecule has 0 spiro atoms. The minimum atomic E-state index is -4.62. The molecule has 1 aliphatic heterocycles. The van der Waals surface area contributed by atoms with Gasteiger partial charge in [-0.05, 0) is 42.9 Å². The van der Waals surface area contributed by atoms with Crippen LogP contribution in [-0.2, 0) is 17.4 Å². The molecule has 1 aromatic carbocycles. The van der Waals surface area contributed by atoms with E-state index in [9.17, 15) is 22.4 Å². The first-order valence-corrected chi connectivity index (χ1v) is 8.49. The number of rotatable bonds is 6. The zero-order valence-electron chi connectivity index (χ0n) is 15.0. The SMILES string of the molecule is CNCC1=C(Nc2ccnc(Cc3cc(F)cc(C(F)(F)F)c3)c2)CNC1=O. The maximum absolute atomic E-state index is 13.6. The summed E-state index contributed by atoms with van der Waals surface area (Å²) in [5.74, 6) is -1.11. The highest BCUT2D eigenvalue weighted by Gasteiger charge is 2.31. The monoisotopic (exact) mass is 394 g/mol. The van der Waals surface area contributed by atoms with Crippen LogP contribution >= 0.6 is 0 Å². The molecule has 2 heterocycles. The summed E-state index contributed by atoms with van der Waals surface area (Å²) in [6.45, 7) is 0.752. The fourth-order valence-corrected chi connectivity index (χ4v) is 2.95. The van der Waals surface area contributed by atoms with Gasteiger partial charge in [0.2, 0.25) is 0 Å². The van der Waals surface area contributed by atoms with Crippen LogP contribution in [0.25, 0.3) is 0 Å². The fourth-order valence-electron chi connectivity index (χ4n) is 2.95. The van der Waals surface area contributed by atoms with Gasteiger partial charge in [-0.2, -0.15) is 13.2 Å². The molecule has 148 valence electrons. The zero-order valence-corrected chi connectivity index (χ0v) is 15.0. The van der Waals surface area contributed by atoms with Gasteiger partial charge in [-0.1, -0.05) is 0 Å². The lowest BCUT2D eigenvalue weighted by Crippen LogP contribution is -2.22. The maximum Gasteiger partial charge on any atom is 0.416 e. The Labute approximate surface area is 158 Å². The minimum Gasteiger partial charge on any atom is -0.357 e. The number of amides is 1. The van der Waals surface area contributed by atoms with Crippen molar-refractivity contribution in [1.82, 2.24) is 15.6 Å². The first-order valence-electron chi connectivity index (χ1n) is 8.49. The number of halogens is 4. The molecule has 0 bridgehead atoms. The summed E-state index contributed by atoms with van der Waals surface area (Å²) >= 11 is 0. The predicted octanol–water partition coefficient (Wildman–Crippen LogP) is 2.85. The highest BCUT2D eigenvalue weighted by molar-refractivity contribution is 5.98. The second-order valence-electron chi connectivity index (χ2n) is 6.35. The summed E-state index contributed by atoms with van der Waals surface area (Å²) in [6, 6.07) is 5.78. The second-order valence-corrected chi connectivity index (χ2v) is 6.35. The summed E-state index contributed by atoms with van der Waals surface area (Å²) in [4.78, 5) is 16.0. The Hall–Kier alpha value is -2.94. The molecule has 3 rings (SSSR count). The number of anilines is 1. The number of nitrogens with one attached hydrogen (secondary N) is 3. The van der Waals surface area contributed by atoms with Crippen molar-refractivity contribution >= 4 is 11.6 Å². The number of hydrogen-bond donors (Lipinski definition) is 3. The number of benzene rings is 1. The van der Waals surface area contributed by atoms with Crippen LogP contribution in [-0.4, -0.2) is 31.0 Å². The minimum absolute atomic E-state index is 0.0377. The van der Waals surface area contributed by atoms with Crippen molar-refractivity contribution in [2.75, 3.05) is 25.5 Å². The van der Waals surface area contributed by atoms with Gasteiger partial charge >= 0.3 is 6.18 Å². The summed E-state index contributed by atoms with van der Waals surface area (Å²) < 4.78 is 52.2. The molecule has 1 amide bonds. The average molecular weight is 394 g/mol. The van der Waals surface area contributed by atoms with Crippen LogP contribution < -0.4 is 16.0 Å². The lowest BCUT2D eigenvalue weighted by atomic mass is 10.0. The van der Waals surface area contributed by atoms with E-state index in [0.717, 1.165) is 12.1 Å². The zero-order chi connectivity index (χ0) is 20.3. The summed E-state index contributed by atoms with van der Waals surface area (Å²) in [6.07, 6.45) is -3.08. The first kappa shape index (κ1) is 19.8. The van der Waals surface area contributed by atoms with E-state index in [1.165, 1.54) is 6.20 Å². The van der Waals surface area contributed by atoms with Crippen molar-refractivity contribution in [1.29, 1.82) is 0 Å². The van der Waals surface area contributed by atoms with E-state index >= 15 is 0 Å². The molecule has 0 fully saturated rings. The molecule has 5 nitrogen and oxygen atoms in total. The Balaban J connectivity index is 1.81. The molecular formula is C19H18F4N4O. The van der Waals surface area contributed by atoms with Crippen LogP contribution in [0, 0.1) is 5.82 Å². The van der Waals surface area contributed by atoms with Crippen LogP contribution in [0.1, 0.15) is 16.8 Å². The van der Waals surface area contributed by atoms with Gasteiger partial charge in [-0.25, -0.2) is 4.39 Å². The van der Waals surface area contributed by atoms with Crippen molar-refractivity contribution in [2.24, 2.45) is 0 Å². The summed E-state index contributed by atoms with van der Waals surface area (Å²) in [5, 5.41) is 8.79. The maximum atomic E-state index is 13.6. The lowest BCUT2D eigenvalue weighted by Gasteiger charge is -2.11. The van der Waals surface area contributed by atoms with E-state index in [1.807, 2.05) is 0 Å². The van der Waals surface area contributed by atoms with Crippen LogP contribution in [0.3, 0.4) is 0 Å². The van der Waals surface area contributed by atoms with Crippen molar-refractivity contribution in [3.63, 3.8) is 0 Å². The van der Waals surface area contributed by atoms with Gasteiger partial charge in [-0.3, -0.25) is 9.78 Å². The number of nitrogens with zero attached hydrogens (tertiary/aromatic N) is 1. The molecule has 0 atom stereocenters. The molecule has 9 heteroatoms.